The van der Waals surface area contributed by atoms with E-state index >= 15 is 0 Å². The number of nitrogens with two attached hydrogens (primary N) is 1. The highest BCUT2D eigenvalue weighted by molar-refractivity contribution is 5.78. The van der Waals surface area contributed by atoms with E-state index in [1.807, 2.05) is 6.92 Å². The second-order valence-electron chi connectivity index (χ2n) is 6.06. The van der Waals surface area contributed by atoms with Crippen molar-refractivity contribution in [1.29, 1.82) is 0 Å². The van der Waals surface area contributed by atoms with Gasteiger partial charge in [0.1, 0.15) is 0 Å². The number of aliphatic imine (C=N–C) groups is 1. The van der Waals surface area contributed by atoms with Gasteiger partial charge in [-0.15, -0.1) is 0 Å². The molecule has 0 heterocycles. The van der Waals surface area contributed by atoms with Gasteiger partial charge in [-0.25, -0.2) is 0 Å². The molecule has 2 rings (SSSR count). The van der Waals surface area contributed by atoms with E-state index in [1.54, 1.807) is 7.11 Å². The lowest BCUT2D eigenvalue weighted by Gasteiger charge is -2.28. The summed E-state index contributed by atoms with van der Waals surface area (Å²) in [4.78, 5) is 4.60. The summed E-state index contributed by atoms with van der Waals surface area (Å²) in [6.45, 7) is 3.42. The first-order valence-corrected chi connectivity index (χ1v) is 7.77. The molecule has 1 fully saturated rings. The normalized spacial score (nSPS) is 19.4. The Labute approximate surface area is 127 Å². The van der Waals surface area contributed by atoms with Crippen LogP contribution in [0.5, 0.6) is 0 Å². The third-order valence-corrected chi connectivity index (χ3v) is 4.31. The zero-order valence-electron chi connectivity index (χ0n) is 13.1. The predicted octanol–water partition coefficient (Wildman–Crippen LogP) is 2.44. The molecule has 4 nitrogen and oxygen atoms in total. The Kier molecular flexibility index (Phi) is 5.62. The van der Waals surface area contributed by atoms with Gasteiger partial charge in [0.05, 0.1) is 13.2 Å². The minimum absolute atomic E-state index is 0.165. The summed E-state index contributed by atoms with van der Waals surface area (Å²) in [5.41, 5.74) is 7.56. The van der Waals surface area contributed by atoms with Gasteiger partial charge >= 0.3 is 0 Å². The number of nitrogens with one attached hydrogen (secondary N) is 1. The Balaban J connectivity index is 2.04. The van der Waals surface area contributed by atoms with Crippen molar-refractivity contribution in [2.24, 2.45) is 10.7 Å². The van der Waals surface area contributed by atoms with Crippen molar-refractivity contribution in [2.75, 3.05) is 20.3 Å². The van der Waals surface area contributed by atoms with Gasteiger partial charge in [-0.05, 0) is 25.3 Å². The lowest BCUT2D eigenvalue weighted by molar-refractivity contribution is 0.179. The van der Waals surface area contributed by atoms with Crippen molar-refractivity contribution in [3.63, 3.8) is 0 Å². The fourth-order valence-electron chi connectivity index (χ4n) is 3.21. The molecule has 116 valence electrons. The number of nitrogens with zero attached hydrogens (tertiary/aromatic N) is 1. The Morgan fingerprint density at radius 1 is 1.33 bits per heavy atom. The van der Waals surface area contributed by atoms with Crippen LogP contribution in [0.3, 0.4) is 0 Å². The zero-order valence-corrected chi connectivity index (χ0v) is 13.1. The maximum Gasteiger partial charge on any atom is 0.188 e. The van der Waals surface area contributed by atoms with E-state index in [0.29, 0.717) is 12.6 Å². The molecule has 0 amide bonds. The molecule has 3 N–H and O–H groups in total. The average Bonchev–Trinajstić information content (AvgIpc) is 2.96. The molecule has 1 aromatic rings. The predicted molar refractivity (Wildman–Crippen MR) is 87.6 cm³/mol. The van der Waals surface area contributed by atoms with E-state index in [2.05, 4.69) is 40.6 Å². The summed E-state index contributed by atoms with van der Waals surface area (Å²) >= 11 is 0. The van der Waals surface area contributed by atoms with Crippen LogP contribution in [0.25, 0.3) is 0 Å². The number of hydrogen-bond acceptors (Lipinski definition) is 2. The zero-order chi connectivity index (χ0) is 15.1. The summed E-state index contributed by atoms with van der Waals surface area (Å²) in [6.07, 6.45) is 4.94. The van der Waals surface area contributed by atoms with Gasteiger partial charge in [-0.3, -0.25) is 4.99 Å². The molecule has 1 unspecified atom stereocenters. The summed E-state index contributed by atoms with van der Waals surface area (Å²) in [7, 11) is 1.69. The van der Waals surface area contributed by atoms with Crippen LogP contribution in [-0.2, 0) is 10.2 Å². The number of hydrogen-bond donors (Lipinski definition) is 2. The minimum atomic E-state index is 0.165. The molecule has 1 saturated carbocycles. The quantitative estimate of drug-likeness (QED) is 0.624. The number of ether oxygens (including phenoxy) is 1. The third-order valence-electron chi connectivity index (χ3n) is 4.31. The molecule has 0 radical (unpaired) electrons. The average molecular weight is 289 g/mol. The lowest BCUT2D eigenvalue weighted by Crippen LogP contribution is -2.41. The summed E-state index contributed by atoms with van der Waals surface area (Å²) in [5, 5.41) is 3.18. The summed E-state index contributed by atoms with van der Waals surface area (Å²) < 4.78 is 5.10. The van der Waals surface area contributed by atoms with Gasteiger partial charge < -0.3 is 15.8 Å². The van der Waals surface area contributed by atoms with E-state index in [9.17, 15) is 0 Å². The molecule has 1 aliphatic carbocycles. The van der Waals surface area contributed by atoms with Crippen LogP contribution in [0.4, 0.5) is 0 Å². The van der Waals surface area contributed by atoms with E-state index in [-0.39, 0.29) is 11.5 Å². The van der Waals surface area contributed by atoms with Gasteiger partial charge in [0.2, 0.25) is 0 Å². The number of guanidine groups is 1. The number of rotatable bonds is 6. The van der Waals surface area contributed by atoms with Crippen LogP contribution in [-0.4, -0.2) is 32.3 Å². The molecule has 0 saturated heterocycles. The number of methoxy groups -OCH3 is 1. The van der Waals surface area contributed by atoms with Crippen molar-refractivity contribution < 1.29 is 4.74 Å². The van der Waals surface area contributed by atoms with Crippen LogP contribution in [0.2, 0.25) is 0 Å². The second kappa shape index (κ2) is 7.46. The van der Waals surface area contributed by atoms with Crippen molar-refractivity contribution >= 4 is 5.96 Å². The fraction of sp³-hybridized carbons (Fsp3) is 0.588. The standard InChI is InChI=1S/C17H27N3O/c1-14(12-21-2)20-16(18)19-13-17(10-6-7-11-17)15-8-4-3-5-9-15/h3-5,8-9,14H,6-7,10-13H2,1-2H3,(H3,18,19,20). The molecular formula is C17H27N3O. The van der Waals surface area contributed by atoms with Gasteiger partial charge in [-0.1, -0.05) is 43.2 Å². The number of benzene rings is 1. The lowest BCUT2D eigenvalue weighted by atomic mass is 9.79. The first kappa shape index (κ1) is 15.8. The van der Waals surface area contributed by atoms with E-state index in [1.165, 1.54) is 31.2 Å². The van der Waals surface area contributed by atoms with Crippen molar-refractivity contribution in [1.82, 2.24) is 5.32 Å². The largest absolute Gasteiger partial charge is 0.383 e. The minimum Gasteiger partial charge on any atom is -0.383 e. The van der Waals surface area contributed by atoms with E-state index in [0.717, 1.165) is 6.54 Å². The monoisotopic (exact) mass is 289 g/mol. The molecule has 0 aliphatic heterocycles. The van der Waals surface area contributed by atoms with Crippen LogP contribution >= 0.6 is 0 Å². The Morgan fingerprint density at radius 2 is 2.00 bits per heavy atom. The maximum atomic E-state index is 6.00. The van der Waals surface area contributed by atoms with Crippen molar-refractivity contribution in [3.05, 3.63) is 35.9 Å². The van der Waals surface area contributed by atoms with Gasteiger partial charge in [0.25, 0.3) is 0 Å². The van der Waals surface area contributed by atoms with Crippen LogP contribution in [0, 0.1) is 0 Å². The smallest absolute Gasteiger partial charge is 0.188 e. The highest BCUT2D eigenvalue weighted by Gasteiger charge is 2.35. The Hall–Kier alpha value is -1.55. The highest BCUT2D eigenvalue weighted by atomic mass is 16.5. The molecular weight excluding hydrogens is 262 g/mol. The first-order valence-electron chi connectivity index (χ1n) is 7.77. The fourth-order valence-corrected chi connectivity index (χ4v) is 3.21. The molecule has 1 aliphatic rings. The van der Waals surface area contributed by atoms with Gasteiger partial charge in [0.15, 0.2) is 5.96 Å². The van der Waals surface area contributed by atoms with Crippen LogP contribution in [0.1, 0.15) is 38.2 Å². The molecule has 1 aromatic carbocycles. The van der Waals surface area contributed by atoms with Gasteiger partial charge in [0, 0.05) is 18.6 Å². The molecule has 0 aromatic heterocycles. The highest BCUT2D eigenvalue weighted by Crippen LogP contribution is 2.41. The Morgan fingerprint density at radius 3 is 2.62 bits per heavy atom. The van der Waals surface area contributed by atoms with E-state index < -0.39 is 0 Å². The first-order chi connectivity index (χ1) is 10.2. The maximum absolute atomic E-state index is 6.00. The molecule has 0 spiro atoms. The van der Waals surface area contributed by atoms with Crippen molar-refractivity contribution in [3.8, 4) is 0 Å². The Bertz CT molecular complexity index is 452. The molecule has 4 heteroatoms. The SMILES string of the molecule is COCC(C)NC(N)=NCC1(c2ccccc2)CCCC1. The van der Waals surface area contributed by atoms with E-state index in [4.69, 9.17) is 10.5 Å². The van der Waals surface area contributed by atoms with Gasteiger partial charge in [-0.2, -0.15) is 0 Å². The van der Waals surface area contributed by atoms with Crippen LogP contribution < -0.4 is 11.1 Å². The summed E-state index contributed by atoms with van der Waals surface area (Å²) in [5.74, 6) is 0.516. The third kappa shape index (κ3) is 4.21. The van der Waals surface area contributed by atoms with Crippen molar-refractivity contribution in [2.45, 2.75) is 44.1 Å². The molecule has 0 bridgehead atoms. The van der Waals surface area contributed by atoms with Crippen LogP contribution in [0.15, 0.2) is 35.3 Å². The second-order valence-corrected chi connectivity index (χ2v) is 6.06. The molecule has 21 heavy (non-hydrogen) atoms. The topological polar surface area (TPSA) is 59.6 Å². The molecule has 1 atom stereocenters. The summed E-state index contributed by atoms with van der Waals surface area (Å²) in [6, 6.07) is 10.9.